The first kappa shape index (κ1) is 15.4. The smallest absolute Gasteiger partial charge is 0.291 e. The summed E-state index contributed by atoms with van der Waals surface area (Å²) >= 11 is 1.10. The van der Waals surface area contributed by atoms with Crippen molar-refractivity contribution in [1.82, 2.24) is 5.27 Å². The monoisotopic (exact) mass is 307 g/mol. The first-order valence-electron chi connectivity index (χ1n) is 6.53. The first-order valence-corrected chi connectivity index (χ1v) is 7.51. The SMILES string of the molecule is CC(C)c1ccc(NC(=O)CSc2c([O-])on[n+]2C)cc1. The van der Waals surface area contributed by atoms with E-state index in [1.807, 2.05) is 24.3 Å². The molecule has 0 aliphatic carbocycles. The molecule has 0 aliphatic rings. The highest BCUT2D eigenvalue weighted by molar-refractivity contribution is 7.99. The van der Waals surface area contributed by atoms with Crippen LogP contribution < -0.4 is 15.1 Å². The fourth-order valence-corrected chi connectivity index (χ4v) is 2.46. The second-order valence-electron chi connectivity index (χ2n) is 4.90. The predicted octanol–water partition coefficient (Wildman–Crippen LogP) is 1.43. The van der Waals surface area contributed by atoms with Crippen molar-refractivity contribution in [2.75, 3.05) is 11.1 Å². The standard InChI is InChI=1S/C14H17N3O3S/c1-9(2)10-4-6-11(7-5-10)15-12(18)8-21-13-14(19)20-16-17(13)3/h4-7,9H,8H2,1-3H3,(H-,15,16,18,19). The minimum absolute atomic E-state index is 0.121. The molecule has 2 aromatic rings. The van der Waals surface area contributed by atoms with E-state index in [0.29, 0.717) is 10.9 Å². The molecule has 112 valence electrons. The molecular formula is C14H17N3O3S. The summed E-state index contributed by atoms with van der Waals surface area (Å²) in [5.74, 6) is -0.139. The van der Waals surface area contributed by atoms with Crippen LogP contribution in [-0.4, -0.2) is 16.9 Å². The summed E-state index contributed by atoms with van der Waals surface area (Å²) in [5, 5.41) is 17.9. The Labute approximate surface area is 127 Å². The summed E-state index contributed by atoms with van der Waals surface area (Å²) in [5.41, 5.74) is 1.96. The number of hydrogen-bond donors (Lipinski definition) is 1. The van der Waals surface area contributed by atoms with Crippen molar-refractivity contribution in [3.05, 3.63) is 29.8 Å². The number of carbonyl (C=O) groups is 1. The normalized spacial score (nSPS) is 10.9. The zero-order valence-electron chi connectivity index (χ0n) is 12.1. The average Bonchev–Trinajstić information content (AvgIpc) is 2.76. The molecular weight excluding hydrogens is 290 g/mol. The van der Waals surface area contributed by atoms with Crippen LogP contribution in [0.1, 0.15) is 25.3 Å². The van der Waals surface area contributed by atoms with Gasteiger partial charge in [-0.05, 0) is 35.4 Å². The maximum atomic E-state index is 11.9. The lowest BCUT2D eigenvalue weighted by molar-refractivity contribution is -0.772. The number of nitrogens with one attached hydrogen (secondary N) is 1. The first-order chi connectivity index (χ1) is 9.97. The lowest BCUT2D eigenvalue weighted by Crippen LogP contribution is -2.32. The van der Waals surface area contributed by atoms with E-state index in [9.17, 15) is 9.90 Å². The van der Waals surface area contributed by atoms with Crippen LogP contribution in [-0.2, 0) is 11.8 Å². The van der Waals surface area contributed by atoms with Crippen molar-refractivity contribution < 1.29 is 19.1 Å². The minimum Gasteiger partial charge on any atom is -0.538 e. The number of thioether (sulfide) groups is 1. The van der Waals surface area contributed by atoms with Gasteiger partial charge >= 0.3 is 0 Å². The molecule has 2 rings (SSSR count). The van der Waals surface area contributed by atoms with Gasteiger partial charge in [0.15, 0.2) is 13.0 Å². The lowest BCUT2D eigenvalue weighted by atomic mass is 10.0. The van der Waals surface area contributed by atoms with Gasteiger partial charge in [-0.15, -0.1) is 0 Å². The number of benzene rings is 1. The molecule has 0 spiro atoms. The van der Waals surface area contributed by atoms with Gasteiger partial charge in [0.25, 0.3) is 5.03 Å². The number of carbonyl (C=O) groups excluding carboxylic acids is 1. The lowest BCUT2D eigenvalue weighted by Gasteiger charge is -2.08. The zero-order chi connectivity index (χ0) is 15.4. The molecule has 1 N–H and O–H groups in total. The van der Waals surface area contributed by atoms with E-state index in [0.717, 1.165) is 17.4 Å². The molecule has 1 amide bonds. The van der Waals surface area contributed by atoms with E-state index in [4.69, 9.17) is 0 Å². The summed E-state index contributed by atoms with van der Waals surface area (Å²) in [4.78, 5) is 11.9. The quantitative estimate of drug-likeness (QED) is 0.667. The Morgan fingerprint density at radius 3 is 2.62 bits per heavy atom. The van der Waals surface area contributed by atoms with Crippen molar-refractivity contribution in [3.63, 3.8) is 0 Å². The van der Waals surface area contributed by atoms with Crippen LogP contribution >= 0.6 is 11.8 Å². The number of hydrogen-bond acceptors (Lipinski definition) is 5. The van der Waals surface area contributed by atoms with Crippen LogP contribution in [0, 0.1) is 0 Å². The van der Waals surface area contributed by atoms with Crippen molar-refractivity contribution in [1.29, 1.82) is 0 Å². The maximum absolute atomic E-state index is 11.9. The van der Waals surface area contributed by atoms with Gasteiger partial charge in [0.1, 0.15) is 0 Å². The van der Waals surface area contributed by atoms with E-state index in [-0.39, 0.29) is 11.7 Å². The van der Waals surface area contributed by atoms with Gasteiger partial charge in [0.05, 0.1) is 11.0 Å². The molecule has 21 heavy (non-hydrogen) atoms. The number of nitrogens with zero attached hydrogens (tertiary/aromatic N) is 2. The van der Waals surface area contributed by atoms with Crippen LogP contribution in [0.15, 0.2) is 33.8 Å². The third kappa shape index (κ3) is 3.98. The summed E-state index contributed by atoms with van der Waals surface area (Å²) < 4.78 is 5.80. The van der Waals surface area contributed by atoms with E-state index in [1.54, 1.807) is 7.05 Å². The van der Waals surface area contributed by atoms with Gasteiger partial charge in [-0.2, -0.15) is 0 Å². The second-order valence-corrected chi connectivity index (χ2v) is 5.87. The molecule has 0 saturated carbocycles. The third-order valence-electron chi connectivity index (χ3n) is 2.92. The Balaban J connectivity index is 1.90. The van der Waals surface area contributed by atoms with Gasteiger partial charge in [-0.1, -0.05) is 30.7 Å². The van der Waals surface area contributed by atoms with Crippen LogP contribution in [0.5, 0.6) is 5.95 Å². The van der Waals surface area contributed by atoms with Crippen molar-refractivity contribution >= 4 is 23.4 Å². The van der Waals surface area contributed by atoms with Gasteiger partial charge in [-0.3, -0.25) is 4.79 Å². The second kappa shape index (κ2) is 6.62. The molecule has 7 heteroatoms. The topological polar surface area (TPSA) is 82.1 Å². The van der Waals surface area contributed by atoms with Gasteiger partial charge in [-0.25, -0.2) is 0 Å². The number of anilines is 1. The highest BCUT2D eigenvalue weighted by atomic mass is 32.2. The Bertz CT molecular complexity index is 603. The van der Waals surface area contributed by atoms with Crippen molar-refractivity contribution in [2.45, 2.75) is 24.8 Å². The average molecular weight is 307 g/mol. The molecule has 0 saturated heterocycles. The number of aromatic nitrogens is 2. The third-order valence-corrected chi connectivity index (χ3v) is 4.03. The molecule has 6 nitrogen and oxygen atoms in total. The van der Waals surface area contributed by atoms with Crippen LogP contribution in [0.25, 0.3) is 0 Å². The van der Waals surface area contributed by atoms with Gasteiger partial charge in [0, 0.05) is 5.69 Å². The van der Waals surface area contributed by atoms with Crippen molar-refractivity contribution in [2.24, 2.45) is 7.05 Å². The zero-order valence-corrected chi connectivity index (χ0v) is 12.9. The fourth-order valence-electron chi connectivity index (χ4n) is 1.74. The number of aryl methyl sites for hydroxylation is 1. The minimum atomic E-state index is -0.531. The molecule has 0 unspecified atom stereocenters. The highest BCUT2D eigenvalue weighted by Gasteiger charge is 2.16. The Kier molecular flexibility index (Phi) is 4.85. The highest BCUT2D eigenvalue weighted by Crippen LogP contribution is 2.22. The summed E-state index contributed by atoms with van der Waals surface area (Å²) in [6.07, 6.45) is 0. The summed E-state index contributed by atoms with van der Waals surface area (Å²) in [6.45, 7) is 4.23. The van der Waals surface area contributed by atoms with E-state index in [1.165, 1.54) is 10.2 Å². The molecule has 0 aliphatic heterocycles. The molecule has 0 radical (unpaired) electrons. The van der Waals surface area contributed by atoms with E-state index in [2.05, 4.69) is 29.0 Å². The Morgan fingerprint density at radius 2 is 2.10 bits per heavy atom. The van der Waals surface area contributed by atoms with Gasteiger partial charge in [0.2, 0.25) is 5.91 Å². The number of amides is 1. The van der Waals surface area contributed by atoms with E-state index >= 15 is 0 Å². The molecule has 1 aromatic heterocycles. The summed E-state index contributed by atoms with van der Waals surface area (Å²) in [7, 11) is 1.59. The molecule has 0 fully saturated rings. The number of rotatable bonds is 5. The molecule has 1 heterocycles. The molecule has 1 aromatic carbocycles. The van der Waals surface area contributed by atoms with Crippen LogP contribution in [0.2, 0.25) is 0 Å². The summed E-state index contributed by atoms with van der Waals surface area (Å²) in [6, 6.07) is 7.72. The van der Waals surface area contributed by atoms with Crippen LogP contribution in [0.4, 0.5) is 5.69 Å². The Morgan fingerprint density at radius 1 is 1.43 bits per heavy atom. The molecule has 0 atom stereocenters. The van der Waals surface area contributed by atoms with E-state index < -0.39 is 5.95 Å². The Hall–Kier alpha value is -2.02. The largest absolute Gasteiger partial charge is 0.538 e. The van der Waals surface area contributed by atoms with Gasteiger partial charge < -0.3 is 14.9 Å². The van der Waals surface area contributed by atoms with Crippen molar-refractivity contribution in [3.8, 4) is 5.95 Å². The van der Waals surface area contributed by atoms with Crippen LogP contribution in [0.3, 0.4) is 0 Å². The maximum Gasteiger partial charge on any atom is 0.291 e. The predicted molar refractivity (Wildman–Crippen MR) is 77.0 cm³/mol. The molecule has 0 bridgehead atoms. The fraction of sp³-hybridized carbons (Fsp3) is 0.357.